The summed E-state index contributed by atoms with van der Waals surface area (Å²) in [6, 6.07) is 5.44. The molecule has 1 aromatic heterocycles. The highest BCUT2D eigenvalue weighted by atomic mass is 19.4. The van der Waals surface area contributed by atoms with Gasteiger partial charge in [0.15, 0.2) is 0 Å². The first-order chi connectivity index (χ1) is 11.2. The maximum atomic E-state index is 13.1. The molecule has 2 aromatic rings. The molecule has 0 saturated heterocycles. The Bertz CT molecular complexity index is 713. The van der Waals surface area contributed by atoms with Crippen molar-refractivity contribution in [1.29, 1.82) is 0 Å². The maximum Gasteiger partial charge on any atom is 0.416 e. The number of anilines is 1. The molecule has 130 valence electrons. The lowest BCUT2D eigenvalue weighted by atomic mass is 10.0. The van der Waals surface area contributed by atoms with Crippen LogP contribution in [0.2, 0.25) is 0 Å². The number of carbonyl (C=O) groups is 1. The third kappa shape index (κ3) is 4.35. The molecule has 1 amide bonds. The normalized spacial score (nSPS) is 14.2. The van der Waals surface area contributed by atoms with E-state index >= 15 is 0 Å². The zero-order valence-corrected chi connectivity index (χ0v) is 13.4. The zero-order chi connectivity index (χ0) is 17.9. The van der Waals surface area contributed by atoms with Gasteiger partial charge >= 0.3 is 6.18 Å². The van der Waals surface area contributed by atoms with Gasteiger partial charge < -0.3 is 4.52 Å². The highest BCUT2D eigenvalue weighted by Gasteiger charge is 2.34. The van der Waals surface area contributed by atoms with Crippen LogP contribution < -0.4 is 10.6 Å². The van der Waals surface area contributed by atoms with Gasteiger partial charge in [0.05, 0.1) is 17.3 Å². The lowest BCUT2D eigenvalue weighted by molar-refractivity contribution is -0.138. The summed E-state index contributed by atoms with van der Waals surface area (Å²) >= 11 is 0. The summed E-state index contributed by atoms with van der Waals surface area (Å²) in [5.41, 5.74) is -0.0259. The summed E-state index contributed by atoms with van der Waals surface area (Å²) in [7, 11) is 0. The van der Waals surface area contributed by atoms with Crippen LogP contribution in [-0.2, 0) is 11.0 Å². The minimum atomic E-state index is -4.45. The quantitative estimate of drug-likeness (QED) is 0.871. The number of halogens is 3. The van der Waals surface area contributed by atoms with Crippen LogP contribution in [0.3, 0.4) is 0 Å². The van der Waals surface area contributed by atoms with Gasteiger partial charge in [0.1, 0.15) is 0 Å². The van der Waals surface area contributed by atoms with Gasteiger partial charge in [0, 0.05) is 12.1 Å². The van der Waals surface area contributed by atoms with Crippen molar-refractivity contribution in [2.45, 2.75) is 39.0 Å². The summed E-state index contributed by atoms with van der Waals surface area (Å²) in [6.07, 6.45) is -4.45. The molecule has 0 bridgehead atoms. The molecule has 2 atom stereocenters. The van der Waals surface area contributed by atoms with E-state index in [9.17, 15) is 18.0 Å². The van der Waals surface area contributed by atoms with E-state index in [0.717, 1.165) is 6.07 Å². The van der Waals surface area contributed by atoms with Gasteiger partial charge in [-0.25, -0.2) is 0 Å². The van der Waals surface area contributed by atoms with Crippen LogP contribution in [0.1, 0.15) is 36.7 Å². The Morgan fingerprint density at radius 3 is 2.50 bits per heavy atom. The van der Waals surface area contributed by atoms with Gasteiger partial charge in [0.2, 0.25) is 11.8 Å². The zero-order valence-electron chi connectivity index (χ0n) is 13.4. The molecule has 0 aliphatic rings. The van der Waals surface area contributed by atoms with Crippen LogP contribution in [0.5, 0.6) is 0 Å². The second kappa shape index (κ2) is 7.04. The molecule has 5 nitrogen and oxygen atoms in total. The first kappa shape index (κ1) is 18.0. The van der Waals surface area contributed by atoms with Crippen molar-refractivity contribution < 1.29 is 22.5 Å². The summed E-state index contributed by atoms with van der Waals surface area (Å²) in [5.74, 6) is -0.239. The van der Waals surface area contributed by atoms with Crippen LogP contribution in [0.15, 0.2) is 34.9 Å². The van der Waals surface area contributed by atoms with Crippen molar-refractivity contribution in [3.8, 4) is 0 Å². The monoisotopic (exact) mass is 341 g/mol. The minimum Gasteiger partial charge on any atom is -0.338 e. The molecule has 0 unspecified atom stereocenters. The largest absolute Gasteiger partial charge is 0.416 e. The van der Waals surface area contributed by atoms with E-state index < -0.39 is 29.7 Å². The van der Waals surface area contributed by atoms with Crippen molar-refractivity contribution in [1.82, 2.24) is 10.5 Å². The topological polar surface area (TPSA) is 67.2 Å². The number of hydrogen-bond donors (Lipinski definition) is 2. The Morgan fingerprint density at radius 1 is 1.25 bits per heavy atom. The Hall–Kier alpha value is -2.35. The van der Waals surface area contributed by atoms with E-state index in [2.05, 4.69) is 15.8 Å². The second-order valence-corrected chi connectivity index (χ2v) is 5.52. The van der Waals surface area contributed by atoms with E-state index in [-0.39, 0.29) is 11.4 Å². The molecule has 0 radical (unpaired) electrons. The minimum absolute atomic E-state index is 0.0835. The van der Waals surface area contributed by atoms with E-state index in [1.165, 1.54) is 18.2 Å². The lowest BCUT2D eigenvalue weighted by Gasteiger charge is -2.22. The van der Waals surface area contributed by atoms with Crippen molar-refractivity contribution in [3.05, 3.63) is 47.2 Å². The highest BCUT2D eigenvalue weighted by Crippen LogP contribution is 2.34. The highest BCUT2D eigenvalue weighted by molar-refractivity contribution is 5.93. The van der Waals surface area contributed by atoms with Crippen molar-refractivity contribution >= 4 is 11.8 Å². The van der Waals surface area contributed by atoms with Crippen LogP contribution in [0.25, 0.3) is 0 Å². The van der Waals surface area contributed by atoms with Crippen LogP contribution in [0.4, 0.5) is 19.1 Å². The summed E-state index contributed by atoms with van der Waals surface area (Å²) in [6.45, 7) is 4.84. The fourth-order valence-corrected chi connectivity index (χ4v) is 2.33. The van der Waals surface area contributed by atoms with Gasteiger partial charge in [-0.15, -0.1) is 0 Å². The van der Waals surface area contributed by atoms with Crippen LogP contribution in [-0.4, -0.2) is 17.1 Å². The molecule has 0 saturated carbocycles. The first-order valence-corrected chi connectivity index (χ1v) is 7.35. The van der Waals surface area contributed by atoms with Crippen LogP contribution >= 0.6 is 0 Å². The van der Waals surface area contributed by atoms with E-state index in [1.54, 1.807) is 26.8 Å². The van der Waals surface area contributed by atoms with Crippen molar-refractivity contribution in [3.63, 3.8) is 0 Å². The predicted octanol–water partition coefficient (Wildman–Crippen LogP) is 3.68. The number of alkyl halides is 3. The molecule has 8 heteroatoms. The Labute approximate surface area is 137 Å². The summed E-state index contributed by atoms with van der Waals surface area (Å²) in [4.78, 5) is 12.1. The molecular weight excluding hydrogens is 323 g/mol. The van der Waals surface area contributed by atoms with Gasteiger partial charge in [-0.1, -0.05) is 23.4 Å². The fourth-order valence-electron chi connectivity index (χ4n) is 2.33. The number of hydrogen-bond acceptors (Lipinski definition) is 4. The average Bonchev–Trinajstić information content (AvgIpc) is 2.91. The van der Waals surface area contributed by atoms with Gasteiger partial charge in [-0.2, -0.15) is 13.2 Å². The number of benzene rings is 1. The number of nitrogens with zero attached hydrogens (tertiary/aromatic N) is 1. The number of aromatic nitrogens is 1. The van der Waals surface area contributed by atoms with Crippen LogP contribution in [0, 0.1) is 6.92 Å². The Kier molecular flexibility index (Phi) is 5.28. The van der Waals surface area contributed by atoms with E-state index in [4.69, 9.17) is 4.52 Å². The summed E-state index contributed by atoms with van der Waals surface area (Å²) < 4.78 is 44.1. The molecule has 2 rings (SSSR count). The van der Waals surface area contributed by atoms with Gasteiger partial charge in [-0.05, 0) is 32.4 Å². The van der Waals surface area contributed by atoms with Crippen molar-refractivity contribution in [2.24, 2.45) is 0 Å². The second-order valence-electron chi connectivity index (χ2n) is 5.52. The number of amides is 1. The number of rotatable bonds is 5. The van der Waals surface area contributed by atoms with E-state index in [0.29, 0.717) is 5.69 Å². The Balaban J connectivity index is 2.06. The number of aryl methyl sites for hydroxylation is 1. The van der Waals surface area contributed by atoms with Gasteiger partial charge in [0.25, 0.3) is 0 Å². The number of carbonyl (C=O) groups excluding carboxylic acids is 1. The molecule has 2 N–H and O–H groups in total. The molecule has 24 heavy (non-hydrogen) atoms. The Morgan fingerprint density at radius 2 is 1.92 bits per heavy atom. The molecule has 0 spiro atoms. The maximum absolute atomic E-state index is 13.1. The fraction of sp³-hybridized carbons (Fsp3) is 0.375. The smallest absolute Gasteiger partial charge is 0.338 e. The number of nitrogens with one attached hydrogen (secondary N) is 2. The molecule has 0 aliphatic carbocycles. The third-order valence-corrected chi connectivity index (χ3v) is 3.50. The SMILES string of the molecule is Cc1cc(NC(=O)[C@@H](C)N[C@@H](C)c2ccccc2C(F)(F)F)on1. The van der Waals surface area contributed by atoms with Crippen molar-refractivity contribution in [2.75, 3.05) is 5.32 Å². The summed E-state index contributed by atoms with van der Waals surface area (Å²) in [5, 5.41) is 9.01. The van der Waals surface area contributed by atoms with E-state index in [1.807, 2.05) is 0 Å². The molecule has 1 heterocycles. The first-order valence-electron chi connectivity index (χ1n) is 7.35. The molecule has 1 aromatic carbocycles. The standard InChI is InChI=1S/C16H18F3N3O2/c1-9-8-14(24-22-9)21-15(23)11(3)20-10(2)12-6-4-5-7-13(12)16(17,18)19/h4-8,10-11,20H,1-3H3,(H,21,23)/t10-,11+/m0/s1. The average molecular weight is 341 g/mol. The lowest BCUT2D eigenvalue weighted by Crippen LogP contribution is -2.39. The predicted molar refractivity (Wildman–Crippen MR) is 82.3 cm³/mol. The molecular formula is C16H18F3N3O2. The molecule has 0 aliphatic heterocycles. The molecule has 0 fully saturated rings. The van der Waals surface area contributed by atoms with Gasteiger partial charge in [-0.3, -0.25) is 15.4 Å². The third-order valence-electron chi connectivity index (χ3n) is 3.50.